The van der Waals surface area contributed by atoms with Gasteiger partial charge in [0.15, 0.2) is 17.7 Å². The number of nitrogens with one attached hydrogen (secondary N) is 2. The van der Waals surface area contributed by atoms with Crippen LogP contribution in [0.15, 0.2) is 37.3 Å². The van der Waals surface area contributed by atoms with Crippen LogP contribution in [0.1, 0.15) is 11.4 Å². The smallest absolute Gasteiger partial charge is 0.202 e. The molecule has 0 aliphatic rings. The molecule has 124 valence electrons. The van der Waals surface area contributed by atoms with Crippen molar-refractivity contribution in [2.24, 2.45) is 15.7 Å². The van der Waals surface area contributed by atoms with Gasteiger partial charge in [-0.1, -0.05) is 5.16 Å². The van der Waals surface area contributed by atoms with E-state index in [4.69, 9.17) is 11.0 Å². The molecule has 1 aromatic carbocycles. The Balaban J connectivity index is 2.30. The van der Waals surface area contributed by atoms with Crippen molar-refractivity contribution < 1.29 is 14.2 Å². The van der Waals surface area contributed by atoms with E-state index in [1.807, 2.05) is 5.48 Å². The number of hydrogen-bond donors (Lipinski definition) is 4. The summed E-state index contributed by atoms with van der Waals surface area (Å²) in [5, 5.41) is 27.1. The van der Waals surface area contributed by atoms with Gasteiger partial charge in [0.25, 0.3) is 0 Å². The zero-order valence-corrected chi connectivity index (χ0v) is 13.4. The standard InChI is InChI=1S/C12H10BrFN8O2/c13-7-3-6(1-2-8(7)14)19-11(20-23)10-9(21-24-22-10)4-17-12(16)18-5-15/h1-3,23H,4H2,(H,19,20)(H3,16,17,18). The summed E-state index contributed by atoms with van der Waals surface area (Å²) in [5.41, 5.74) is 7.91. The number of amidine groups is 1. The molecule has 0 fully saturated rings. The third-order valence-corrected chi connectivity index (χ3v) is 3.22. The van der Waals surface area contributed by atoms with Gasteiger partial charge in [-0.25, -0.2) is 19.0 Å². The highest BCUT2D eigenvalue weighted by molar-refractivity contribution is 9.10. The Morgan fingerprint density at radius 2 is 2.29 bits per heavy atom. The van der Waals surface area contributed by atoms with Gasteiger partial charge in [-0.15, -0.1) is 0 Å². The first kappa shape index (κ1) is 17.3. The molecule has 5 N–H and O–H groups in total. The molecular weight excluding hydrogens is 387 g/mol. The number of benzene rings is 1. The van der Waals surface area contributed by atoms with E-state index in [2.05, 4.69) is 46.2 Å². The molecule has 0 aliphatic carbocycles. The Kier molecular flexibility index (Phi) is 5.77. The van der Waals surface area contributed by atoms with Crippen LogP contribution in [0, 0.1) is 17.3 Å². The highest BCUT2D eigenvalue weighted by Gasteiger charge is 2.16. The molecule has 0 atom stereocenters. The monoisotopic (exact) mass is 396 g/mol. The predicted octanol–water partition coefficient (Wildman–Crippen LogP) is 0.914. The molecule has 12 heteroatoms. The fraction of sp³-hybridized carbons (Fsp3) is 0.0833. The fourth-order valence-electron chi connectivity index (χ4n) is 1.56. The Morgan fingerprint density at radius 1 is 1.50 bits per heavy atom. The number of nitrogens with two attached hydrogens (primary N) is 1. The maximum Gasteiger partial charge on any atom is 0.202 e. The molecule has 0 aliphatic heterocycles. The van der Waals surface area contributed by atoms with Crippen LogP contribution in [0.4, 0.5) is 10.1 Å². The molecule has 2 rings (SSSR count). The van der Waals surface area contributed by atoms with E-state index in [9.17, 15) is 9.60 Å². The molecule has 0 bridgehead atoms. The molecule has 0 radical (unpaired) electrons. The predicted molar refractivity (Wildman–Crippen MR) is 83.6 cm³/mol. The van der Waals surface area contributed by atoms with Crippen molar-refractivity contribution in [1.82, 2.24) is 21.1 Å². The van der Waals surface area contributed by atoms with Gasteiger partial charge in [0.1, 0.15) is 11.5 Å². The molecule has 0 saturated heterocycles. The highest BCUT2D eigenvalue weighted by Crippen LogP contribution is 2.22. The quantitative estimate of drug-likeness (QED) is 0.195. The first-order valence-electron chi connectivity index (χ1n) is 6.25. The van der Waals surface area contributed by atoms with Crippen LogP contribution in [0.2, 0.25) is 0 Å². The maximum absolute atomic E-state index is 13.2. The summed E-state index contributed by atoms with van der Waals surface area (Å²) in [6.07, 6.45) is 1.61. The van der Waals surface area contributed by atoms with E-state index in [-0.39, 0.29) is 34.2 Å². The van der Waals surface area contributed by atoms with Gasteiger partial charge in [-0.3, -0.25) is 16.0 Å². The second-order valence-electron chi connectivity index (χ2n) is 4.17. The van der Waals surface area contributed by atoms with Crippen LogP contribution < -0.4 is 16.5 Å². The third kappa shape index (κ3) is 4.24. The minimum Gasteiger partial charge on any atom is -0.369 e. The second-order valence-corrected chi connectivity index (χ2v) is 5.02. The Hall–Kier alpha value is -3.04. The van der Waals surface area contributed by atoms with E-state index in [0.717, 1.165) is 0 Å². The summed E-state index contributed by atoms with van der Waals surface area (Å²) in [4.78, 5) is 7.94. The summed E-state index contributed by atoms with van der Waals surface area (Å²) >= 11 is 3.04. The number of guanidine groups is 1. The molecule has 2 aromatic rings. The van der Waals surface area contributed by atoms with E-state index in [0.29, 0.717) is 5.69 Å². The van der Waals surface area contributed by atoms with Gasteiger partial charge in [0.05, 0.1) is 16.7 Å². The van der Waals surface area contributed by atoms with Crippen LogP contribution in [-0.4, -0.2) is 27.3 Å². The number of aliphatic imine (C=N–C) groups is 2. The Bertz CT molecular complexity index is 829. The highest BCUT2D eigenvalue weighted by atomic mass is 79.9. The van der Waals surface area contributed by atoms with Crippen molar-refractivity contribution in [2.75, 3.05) is 0 Å². The van der Waals surface area contributed by atoms with Crippen LogP contribution in [-0.2, 0) is 6.54 Å². The summed E-state index contributed by atoms with van der Waals surface area (Å²) in [6, 6.07) is 4.02. The molecule has 0 unspecified atom stereocenters. The number of aromatic nitrogens is 2. The molecule has 1 heterocycles. The largest absolute Gasteiger partial charge is 0.369 e. The minimum absolute atomic E-state index is 0.0754. The summed E-state index contributed by atoms with van der Waals surface area (Å²) in [6.45, 7) is -0.0762. The van der Waals surface area contributed by atoms with Gasteiger partial charge >= 0.3 is 0 Å². The lowest BCUT2D eigenvalue weighted by atomic mass is 10.3. The second kappa shape index (κ2) is 7.99. The van der Waals surface area contributed by atoms with Crippen molar-refractivity contribution in [3.05, 3.63) is 39.9 Å². The number of nitriles is 1. The van der Waals surface area contributed by atoms with Crippen molar-refractivity contribution in [3.63, 3.8) is 0 Å². The van der Waals surface area contributed by atoms with Crippen LogP contribution >= 0.6 is 15.9 Å². The SMILES string of the molecule is N#CNC(N)=NCc1nonc1C(=Nc1ccc(F)c(Br)c1)NO. The Morgan fingerprint density at radius 3 is 2.96 bits per heavy atom. The van der Waals surface area contributed by atoms with Gasteiger partial charge in [0.2, 0.25) is 5.96 Å². The zero-order chi connectivity index (χ0) is 17.5. The summed E-state index contributed by atoms with van der Waals surface area (Å²) in [7, 11) is 0. The maximum atomic E-state index is 13.2. The lowest BCUT2D eigenvalue weighted by molar-refractivity contribution is 0.234. The minimum atomic E-state index is -0.453. The van der Waals surface area contributed by atoms with E-state index < -0.39 is 5.82 Å². The number of hydrogen-bond acceptors (Lipinski definition) is 7. The average Bonchev–Trinajstić information content (AvgIpc) is 3.02. The molecule has 0 amide bonds. The fourth-order valence-corrected chi connectivity index (χ4v) is 1.93. The molecule has 24 heavy (non-hydrogen) atoms. The van der Waals surface area contributed by atoms with Gasteiger partial charge in [0, 0.05) is 0 Å². The summed E-state index contributed by atoms with van der Waals surface area (Å²) in [5.74, 6) is -0.665. The van der Waals surface area contributed by atoms with E-state index >= 15 is 0 Å². The molecule has 1 aromatic heterocycles. The number of nitrogens with zero attached hydrogens (tertiary/aromatic N) is 5. The van der Waals surface area contributed by atoms with Crippen molar-refractivity contribution in [1.29, 1.82) is 5.26 Å². The topological polar surface area (TPSA) is 158 Å². The Labute approximate surface area is 142 Å². The van der Waals surface area contributed by atoms with Gasteiger partial charge in [-0.05, 0) is 39.3 Å². The van der Waals surface area contributed by atoms with Crippen molar-refractivity contribution >= 4 is 33.4 Å². The van der Waals surface area contributed by atoms with Crippen LogP contribution in [0.25, 0.3) is 0 Å². The third-order valence-electron chi connectivity index (χ3n) is 2.61. The van der Waals surface area contributed by atoms with Crippen LogP contribution in [0.3, 0.4) is 0 Å². The van der Waals surface area contributed by atoms with Crippen molar-refractivity contribution in [2.45, 2.75) is 6.54 Å². The molecule has 10 nitrogen and oxygen atoms in total. The number of rotatable bonds is 4. The lowest BCUT2D eigenvalue weighted by Crippen LogP contribution is -2.27. The lowest BCUT2D eigenvalue weighted by Gasteiger charge is -2.03. The summed E-state index contributed by atoms with van der Waals surface area (Å²) < 4.78 is 18.1. The normalized spacial score (nSPS) is 11.9. The average molecular weight is 397 g/mol. The van der Waals surface area contributed by atoms with Crippen molar-refractivity contribution in [3.8, 4) is 6.19 Å². The first-order valence-corrected chi connectivity index (χ1v) is 7.05. The van der Waals surface area contributed by atoms with E-state index in [1.165, 1.54) is 18.2 Å². The molecular formula is C12H10BrFN8O2. The number of halogens is 2. The van der Waals surface area contributed by atoms with Crippen LogP contribution in [0.5, 0.6) is 0 Å². The zero-order valence-electron chi connectivity index (χ0n) is 11.9. The number of hydroxylamine groups is 1. The first-order chi connectivity index (χ1) is 11.5. The van der Waals surface area contributed by atoms with E-state index in [1.54, 1.807) is 6.19 Å². The van der Waals surface area contributed by atoms with Gasteiger partial charge in [-0.2, -0.15) is 5.26 Å². The molecule has 0 saturated carbocycles. The molecule has 0 spiro atoms. The van der Waals surface area contributed by atoms with Gasteiger partial charge < -0.3 is 5.73 Å².